The summed E-state index contributed by atoms with van der Waals surface area (Å²) in [6.07, 6.45) is 0. The van der Waals surface area contributed by atoms with Crippen LogP contribution in [0.25, 0.3) is 0 Å². The number of aliphatic hydroxyl groups excluding tert-OH is 1. The highest BCUT2D eigenvalue weighted by atomic mass is 16.6. The summed E-state index contributed by atoms with van der Waals surface area (Å²) < 4.78 is 10.6. The van der Waals surface area contributed by atoms with Crippen LogP contribution in [0.3, 0.4) is 0 Å². The fourth-order valence-electron chi connectivity index (χ4n) is 3.44. The van der Waals surface area contributed by atoms with Gasteiger partial charge in [0.05, 0.1) is 36.8 Å². The Morgan fingerprint density at radius 3 is 2.41 bits per heavy atom. The number of nitro benzene ring substituents is 1. The highest BCUT2D eigenvalue weighted by molar-refractivity contribution is 6.08. The number of rotatable bonds is 8. The number of methoxy groups -OCH3 is 1. The molecule has 0 aliphatic carbocycles. The van der Waals surface area contributed by atoms with Crippen LogP contribution in [0.4, 0.5) is 11.4 Å². The number of β-amino-alcohol motifs (C(OH)–C–C–N with tert-alkyl or cyclic N) is 1. The molecule has 0 saturated heterocycles. The number of carbonyl (C=O) groups is 2. The van der Waals surface area contributed by atoms with E-state index in [1.54, 1.807) is 12.1 Å². The number of nitrogens with zero attached hydrogens (tertiary/aromatic N) is 2. The van der Waals surface area contributed by atoms with E-state index in [1.807, 2.05) is 19.9 Å². The van der Waals surface area contributed by atoms with Crippen molar-refractivity contribution in [2.24, 2.45) is 0 Å². The molecule has 0 radical (unpaired) electrons. The second-order valence-electron chi connectivity index (χ2n) is 7.32. The molecule has 0 atom stereocenters. The Bertz CT molecular complexity index is 1090. The Balaban J connectivity index is 1.98. The molecule has 10 heteroatoms. The molecule has 0 aromatic heterocycles. The van der Waals surface area contributed by atoms with E-state index in [9.17, 15) is 24.8 Å². The number of hydrogen-bond donors (Lipinski definition) is 2. The van der Waals surface area contributed by atoms with E-state index in [0.717, 1.165) is 11.1 Å². The predicted octanol–water partition coefficient (Wildman–Crippen LogP) is 2.68. The van der Waals surface area contributed by atoms with Gasteiger partial charge >= 0.3 is 5.97 Å². The lowest BCUT2D eigenvalue weighted by atomic mass is 10.1. The number of hydrogen-bond acceptors (Lipinski definition) is 8. The van der Waals surface area contributed by atoms with Crippen molar-refractivity contribution in [1.82, 2.24) is 4.90 Å². The minimum absolute atomic E-state index is 0.0283. The Hall–Kier alpha value is -3.92. The zero-order chi connectivity index (χ0) is 23.4. The SMILES string of the molecule is COC(=O)C1=C(Nc2cc(Oc3cc(C)cc(C)c3)cc([N+](=O)[O-])c2)C(=O)N(CCO)C1. The quantitative estimate of drug-likeness (QED) is 0.363. The van der Waals surface area contributed by atoms with E-state index in [4.69, 9.17) is 9.47 Å². The van der Waals surface area contributed by atoms with E-state index >= 15 is 0 Å². The summed E-state index contributed by atoms with van der Waals surface area (Å²) in [4.78, 5) is 37.0. The Morgan fingerprint density at radius 2 is 1.81 bits per heavy atom. The molecule has 10 nitrogen and oxygen atoms in total. The number of ether oxygens (including phenoxy) is 2. The molecule has 168 valence electrons. The van der Waals surface area contributed by atoms with E-state index in [2.05, 4.69) is 5.32 Å². The van der Waals surface area contributed by atoms with Gasteiger partial charge in [0, 0.05) is 24.4 Å². The molecule has 0 unspecified atom stereocenters. The van der Waals surface area contributed by atoms with Gasteiger partial charge in [0.15, 0.2) is 0 Å². The first-order chi connectivity index (χ1) is 15.2. The van der Waals surface area contributed by atoms with Crippen molar-refractivity contribution in [1.29, 1.82) is 0 Å². The Morgan fingerprint density at radius 1 is 1.16 bits per heavy atom. The zero-order valence-corrected chi connectivity index (χ0v) is 17.9. The molecule has 1 aliphatic rings. The molecule has 0 fully saturated rings. The van der Waals surface area contributed by atoms with Crippen LogP contribution in [0.2, 0.25) is 0 Å². The first kappa shape index (κ1) is 22.8. The molecular formula is C22H23N3O7. The van der Waals surface area contributed by atoms with Crippen molar-refractivity contribution >= 4 is 23.3 Å². The number of esters is 1. The Labute approximate surface area is 184 Å². The van der Waals surface area contributed by atoms with E-state index in [1.165, 1.54) is 30.2 Å². The lowest BCUT2D eigenvalue weighted by Crippen LogP contribution is -2.31. The number of nitrogens with one attached hydrogen (secondary N) is 1. The van der Waals surface area contributed by atoms with Crippen molar-refractivity contribution in [3.8, 4) is 11.5 Å². The Kier molecular flexibility index (Phi) is 6.74. The second-order valence-corrected chi connectivity index (χ2v) is 7.32. The number of carbonyl (C=O) groups excluding carboxylic acids is 2. The minimum Gasteiger partial charge on any atom is -0.466 e. The maximum absolute atomic E-state index is 12.7. The monoisotopic (exact) mass is 441 g/mol. The van der Waals surface area contributed by atoms with Gasteiger partial charge in [-0.15, -0.1) is 0 Å². The smallest absolute Gasteiger partial charge is 0.337 e. The van der Waals surface area contributed by atoms with Crippen molar-refractivity contribution < 1.29 is 29.1 Å². The third kappa shape index (κ3) is 5.03. The summed E-state index contributed by atoms with van der Waals surface area (Å²) in [5, 5.41) is 23.4. The summed E-state index contributed by atoms with van der Waals surface area (Å²) in [7, 11) is 1.19. The molecule has 2 aromatic rings. The molecule has 0 bridgehead atoms. The van der Waals surface area contributed by atoms with Crippen LogP contribution in [0.5, 0.6) is 11.5 Å². The van der Waals surface area contributed by atoms with Gasteiger partial charge < -0.3 is 24.8 Å². The first-order valence-electron chi connectivity index (χ1n) is 9.76. The van der Waals surface area contributed by atoms with Gasteiger partial charge in [0.1, 0.15) is 17.2 Å². The highest BCUT2D eigenvalue weighted by Gasteiger charge is 2.34. The number of aliphatic hydroxyl groups is 1. The summed E-state index contributed by atoms with van der Waals surface area (Å²) in [6.45, 7) is 3.52. The molecule has 0 spiro atoms. The van der Waals surface area contributed by atoms with Gasteiger partial charge in [-0.1, -0.05) is 6.07 Å². The summed E-state index contributed by atoms with van der Waals surface area (Å²) in [5.74, 6) is -0.541. The first-order valence-corrected chi connectivity index (χ1v) is 9.76. The standard InChI is InChI=1S/C22H23N3O7/c1-13-6-14(2)8-17(7-13)32-18-10-15(9-16(11-18)25(29)30)23-20-19(22(28)31-3)12-24(4-5-26)21(20)27/h6-11,23,26H,4-5,12H2,1-3H3. The van der Waals surface area contributed by atoms with E-state index in [-0.39, 0.29) is 48.1 Å². The molecule has 32 heavy (non-hydrogen) atoms. The minimum atomic E-state index is -0.710. The topological polar surface area (TPSA) is 131 Å². The third-order valence-electron chi connectivity index (χ3n) is 4.76. The number of benzene rings is 2. The summed E-state index contributed by atoms with van der Waals surface area (Å²) in [5.41, 5.74) is 1.87. The van der Waals surface area contributed by atoms with Crippen molar-refractivity contribution in [3.05, 3.63) is 68.9 Å². The van der Waals surface area contributed by atoms with Crippen LogP contribution >= 0.6 is 0 Å². The van der Waals surface area contributed by atoms with Crippen molar-refractivity contribution in [2.75, 3.05) is 32.1 Å². The molecule has 3 rings (SSSR count). The maximum atomic E-state index is 12.7. The highest BCUT2D eigenvalue weighted by Crippen LogP contribution is 2.32. The third-order valence-corrected chi connectivity index (χ3v) is 4.76. The van der Waals surface area contributed by atoms with Gasteiger partial charge in [-0.2, -0.15) is 0 Å². The summed E-state index contributed by atoms with van der Waals surface area (Å²) in [6, 6.07) is 9.56. The fraction of sp³-hybridized carbons (Fsp3) is 0.273. The predicted molar refractivity (Wildman–Crippen MR) is 115 cm³/mol. The fourth-order valence-corrected chi connectivity index (χ4v) is 3.44. The van der Waals surface area contributed by atoms with Crippen LogP contribution in [0, 0.1) is 24.0 Å². The second kappa shape index (κ2) is 9.48. The molecule has 2 N–H and O–H groups in total. The molecule has 0 saturated carbocycles. The van der Waals surface area contributed by atoms with Crippen molar-refractivity contribution in [3.63, 3.8) is 0 Å². The van der Waals surface area contributed by atoms with Gasteiger partial charge in [0.25, 0.3) is 11.6 Å². The number of amides is 1. The molecule has 2 aromatic carbocycles. The van der Waals surface area contributed by atoms with E-state index < -0.39 is 16.8 Å². The molecular weight excluding hydrogens is 418 g/mol. The largest absolute Gasteiger partial charge is 0.466 e. The number of non-ortho nitro benzene ring substituents is 1. The van der Waals surface area contributed by atoms with Crippen LogP contribution in [-0.2, 0) is 14.3 Å². The van der Waals surface area contributed by atoms with Crippen LogP contribution in [0.1, 0.15) is 11.1 Å². The lowest BCUT2D eigenvalue weighted by molar-refractivity contribution is -0.384. The van der Waals surface area contributed by atoms with Gasteiger partial charge in [-0.3, -0.25) is 14.9 Å². The van der Waals surface area contributed by atoms with Crippen LogP contribution < -0.4 is 10.1 Å². The molecule has 1 amide bonds. The van der Waals surface area contributed by atoms with E-state index in [0.29, 0.717) is 5.75 Å². The van der Waals surface area contributed by atoms with Gasteiger partial charge in [-0.05, 0) is 37.1 Å². The number of aryl methyl sites for hydroxylation is 2. The van der Waals surface area contributed by atoms with Gasteiger partial charge in [0.2, 0.25) is 0 Å². The number of nitro groups is 1. The number of anilines is 1. The molecule has 1 aliphatic heterocycles. The molecule has 1 heterocycles. The van der Waals surface area contributed by atoms with Gasteiger partial charge in [-0.25, -0.2) is 4.79 Å². The normalized spacial score (nSPS) is 13.4. The van der Waals surface area contributed by atoms with Crippen molar-refractivity contribution in [2.45, 2.75) is 13.8 Å². The average molecular weight is 441 g/mol. The van der Waals surface area contributed by atoms with Crippen LogP contribution in [0.15, 0.2) is 47.7 Å². The lowest BCUT2D eigenvalue weighted by Gasteiger charge is -2.15. The zero-order valence-electron chi connectivity index (χ0n) is 17.9. The van der Waals surface area contributed by atoms with Crippen LogP contribution in [-0.4, -0.2) is 53.6 Å². The average Bonchev–Trinajstić information content (AvgIpc) is 3.02. The maximum Gasteiger partial charge on any atom is 0.337 e. The summed E-state index contributed by atoms with van der Waals surface area (Å²) >= 11 is 0.